The van der Waals surface area contributed by atoms with E-state index in [0.717, 1.165) is 5.56 Å². The first-order chi connectivity index (χ1) is 11.1. The molecule has 0 bridgehead atoms. The molecule has 0 spiro atoms. The van der Waals surface area contributed by atoms with E-state index in [1.807, 2.05) is 6.07 Å². The summed E-state index contributed by atoms with van der Waals surface area (Å²) in [7, 11) is 0. The first kappa shape index (κ1) is 14.6. The quantitative estimate of drug-likeness (QED) is 0.551. The van der Waals surface area contributed by atoms with Gasteiger partial charge in [0.15, 0.2) is 0 Å². The first-order valence-electron chi connectivity index (χ1n) is 6.81. The van der Waals surface area contributed by atoms with Crippen molar-refractivity contribution >= 4 is 5.95 Å². The molecule has 23 heavy (non-hydrogen) atoms. The third-order valence-electron chi connectivity index (χ3n) is 3.10. The molecule has 0 amide bonds. The van der Waals surface area contributed by atoms with Gasteiger partial charge in [-0.15, -0.1) is 0 Å². The number of anilines is 1. The van der Waals surface area contributed by atoms with Crippen LogP contribution >= 0.6 is 0 Å². The van der Waals surface area contributed by atoms with E-state index in [4.69, 9.17) is 5.73 Å². The lowest BCUT2D eigenvalue weighted by atomic mass is 10.1. The summed E-state index contributed by atoms with van der Waals surface area (Å²) < 4.78 is 13.4. The Labute approximate surface area is 132 Å². The van der Waals surface area contributed by atoms with Gasteiger partial charge in [0.25, 0.3) is 0 Å². The number of nitrogens with two attached hydrogens (primary N) is 1. The lowest BCUT2D eigenvalue weighted by Crippen LogP contribution is -2.03. The Morgan fingerprint density at radius 3 is 2.74 bits per heavy atom. The van der Waals surface area contributed by atoms with Gasteiger partial charge >= 0.3 is 0 Å². The van der Waals surface area contributed by atoms with Crippen LogP contribution < -0.4 is 5.73 Å². The number of aromatic nitrogens is 4. The Bertz CT molecular complexity index is 913. The van der Waals surface area contributed by atoms with Crippen LogP contribution in [0.3, 0.4) is 0 Å². The molecule has 0 aromatic carbocycles. The maximum atomic E-state index is 13.4. The zero-order valence-corrected chi connectivity index (χ0v) is 12.3. The second-order valence-corrected chi connectivity index (χ2v) is 4.75. The van der Waals surface area contributed by atoms with Gasteiger partial charge in [-0.1, -0.05) is 11.8 Å². The average Bonchev–Trinajstić information content (AvgIpc) is 2.54. The van der Waals surface area contributed by atoms with Crippen molar-refractivity contribution in [2.75, 3.05) is 5.73 Å². The average molecular weight is 305 g/mol. The molecular weight excluding hydrogens is 293 g/mol. The Morgan fingerprint density at radius 1 is 1.13 bits per heavy atom. The Balaban J connectivity index is 2.15. The van der Waals surface area contributed by atoms with E-state index >= 15 is 0 Å². The molecule has 5 nitrogen and oxygen atoms in total. The highest BCUT2D eigenvalue weighted by Crippen LogP contribution is 2.23. The molecule has 3 aromatic heterocycles. The zero-order chi connectivity index (χ0) is 16.2. The zero-order valence-electron chi connectivity index (χ0n) is 12.3. The summed E-state index contributed by atoms with van der Waals surface area (Å²) in [5.41, 5.74) is 8.72. The molecule has 0 aliphatic rings. The van der Waals surface area contributed by atoms with E-state index in [0.29, 0.717) is 22.5 Å². The van der Waals surface area contributed by atoms with Gasteiger partial charge in [-0.2, -0.15) is 4.39 Å². The summed E-state index contributed by atoms with van der Waals surface area (Å²) >= 11 is 0. The second-order valence-electron chi connectivity index (χ2n) is 4.75. The molecule has 0 saturated heterocycles. The third-order valence-corrected chi connectivity index (χ3v) is 3.10. The molecule has 3 heterocycles. The minimum absolute atomic E-state index is 0.113. The molecule has 3 rings (SSSR count). The molecule has 0 atom stereocenters. The van der Waals surface area contributed by atoms with Crippen LogP contribution in [-0.2, 0) is 0 Å². The lowest BCUT2D eigenvalue weighted by Gasteiger charge is -2.07. The summed E-state index contributed by atoms with van der Waals surface area (Å²) in [5, 5.41) is 0. The number of aryl methyl sites for hydroxylation is 1. The number of rotatable bonds is 1. The minimum atomic E-state index is -0.594. The smallest absolute Gasteiger partial charge is 0.220 e. The van der Waals surface area contributed by atoms with Crippen molar-refractivity contribution in [1.29, 1.82) is 0 Å². The maximum Gasteiger partial charge on any atom is 0.220 e. The van der Waals surface area contributed by atoms with Crippen molar-refractivity contribution in [2.45, 2.75) is 6.92 Å². The normalized spacial score (nSPS) is 10.0. The monoisotopic (exact) mass is 305 g/mol. The lowest BCUT2D eigenvalue weighted by molar-refractivity contribution is 0.584. The van der Waals surface area contributed by atoms with Crippen LogP contribution in [0.4, 0.5) is 10.3 Å². The summed E-state index contributed by atoms with van der Waals surface area (Å²) in [6, 6.07) is 6.59. The fourth-order valence-electron chi connectivity index (χ4n) is 2.07. The topological polar surface area (TPSA) is 77.6 Å². The first-order valence-corrected chi connectivity index (χ1v) is 6.81. The fraction of sp³-hybridized carbons (Fsp3) is 0.0588. The van der Waals surface area contributed by atoms with Gasteiger partial charge in [-0.3, -0.25) is 4.98 Å². The third kappa shape index (κ3) is 3.30. The molecule has 0 unspecified atom stereocenters. The number of nitrogens with zero attached hydrogens (tertiary/aromatic N) is 4. The van der Waals surface area contributed by atoms with Crippen LogP contribution in [0.5, 0.6) is 0 Å². The summed E-state index contributed by atoms with van der Waals surface area (Å²) in [6.07, 6.45) is 4.71. The number of halogens is 1. The standard InChI is InChI=1S/C17H12FN5/c1-11-14(5-4-12-3-2-7-20-10-12)16(23-17(19)22-11)13-6-8-21-15(18)9-13/h2-3,6-10H,1H3,(H2,19,22,23). The van der Waals surface area contributed by atoms with E-state index in [-0.39, 0.29) is 5.95 Å². The van der Waals surface area contributed by atoms with Crippen LogP contribution in [-0.4, -0.2) is 19.9 Å². The van der Waals surface area contributed by atoms with Gasteiger partial charge in [0.1, 0.15) is 0 Å². The molecule has 3 aromatic rings. The van der Waals surface area contributed by atoms with Gasteiger partial charge in [0.2, 0.25) is 11.9 Å². The van der Waals surface area contributed by atoms with Gasteiger partial charge in [0, 0.05) is 35.8 Å². The highest BCUT2D eigenvalue weighted by Gasteiger charge is 2.12. The van der Waals surface area contributed by atoms with Crippen molar-refractivity contribution in [3.05, 3.63) is 65.6 Å². The summed E-state index contributed by atoms with van der Waals surface area (Å²) in [6.45, 7) is 1.78. The van der Waals surface area contributed by atoms with E-state index in [9.17, 15) is 4.39 Å². The Kier molecular flexibility index (Phi) is 3.93. The molecule has 2 N–H and O–H groups in total. The second kappa shape index (κ2) is 6.20. The van der Waals surface area contributed by atoms with Gasteiger partial charge in [-0.05, 0) is 25.1 Å². The van der Waals surface area contributed by atoms with Crippen molar-refractivity contribution < 1.29 is 4.39 Å². The van der Waals surface area contributed by atoms with Crippen molar-refractivity contribution in [1.82, 2.24) is 19.9 Å². The van der Waals surface area contributed by atoms with Crippen LogP contribution in [0.15, 0.2) is 42.9 Å². The molecule has 6 heteroatoms. The van der Waals surface area contributed by atoms with Crippen LogP contribution in [0, 0.1) is 24.7 Å². The van der Waals surface area contributed by atoms with E-state index in [1.54, 1.807) is 31.5 Å². The largest absolute Gasteiger partial charge is 0.368 e. The minimum Gasteiger partial charge on any atom is -0.368 e. The molecule has 0 radical (unpaired) electrons. The number of nitrogen functional groups attached to an aromatic ring is 1. The predicted molar refractivity (Wildman–Crippen MR) is 84.6 cm³/mol. The van der Waals surface area contributed by atoms with Gasteiger partial charge in [0.05, 0.1) is 17.0 Å². The molecule has 0 aliphatic carbocycles. The summed E-state index contributed by atoms with van der Waals surface area (Å²) in [4.78, 5) is 15.9. The molecule has 0 saturated carbocycles. The Morgan fingerprint density at radius 2 is 2.00 bits per heavy atom. The number of hydrogen-bond acceptors (Lipinski definition) is 5. The number of hydrogen-bond donors (Lipinski definition) is 1. The molecule has 0 fully saturated rings. The highest BCUT2D eigenvalue weighted by molar-refractivity contribution is 5.69. The fourth-order valence-corrected chi connectivity index (χ4v) is 2.07. The van der Waals surface area contributed by atoms with E-state index in [1.165, 1.54) is 12.3 Å². The Hall–Kier alpha value is -3.33. The maximum absolute atomic E-state index is 13.4. The van der Waals surface area contributed by atoms with Crippen molar-refractivity contribution in [3.8, 4) is 23.1 Å². The molecule has 0 aliphatic heterocycles. The van der Waals surface area contributed by atoms with Crippen LogP contribution in [0.1, 0.15) is 16.8 Å². The SMILES string of the molecule is Cc1nc(N)nc(-c2ccnc(F)c2)c1C#Cc1cccnc1. The highest BCUT2D eigenvalue weighted by atomic mass is 19.1. The summed E-state index contributed by atoms with van der Waals surface area (Å²) in [5.74, 6) is 5.55. The van der Waals surface area contributed by atoms with Crippen molar-refractivity contribution in [2.24, 2.45) is 0 Å². The van der Waals surface area contributed by atoms with Crippen LogP contribution in [0.25, 0.3) is 11.3 Å². The van der Waals surface area contributed by atoms with Crippen LogP contribution in [0.2, 0.25) is 0 Å². The molecule has 112 valence electrons. The number of pyridine rings is 2. The van der Waals surface area contributed by atoms with E-state index in [2.05, 4.69) is 31.8 Å². The van der Waals surface area contributed by atoms with E-state index < -0.39 is 5.95 Å². The molecular formula is C17H12FN5. The van der Waals surface area contributed by atoms with Gasteiger partial charge in [-0.25, -0.2) is 15.0 Å². The van der Waals surface area contributed by atoms with Crippen molar-refractivity contribution in [3.63, 3.8) is 0 Å². The van der Waals surface area contributed by atoms with Gasteiger partial charge < -0.3 is 5.73 Å². The predicted octanol–water partition coefficient (Wildman–Crippen LogP) is 2.36.